The van der Waals surface area contributed by atoms with Crippen LogP contribution in [0.2, 0.25) is 0 Å². The Balaban J connectivity index is 1.97. The average Bonchev–Trinajstić information content (AvgIpc) is 2.98. The van der Waals surface area contributed by atoms with Gasteiger partial charge in [-0.25, -0.2) is 4.39 Å². The lowest BCUT2D eigenvalue weighted by atomic mass is 10.1. The zero-order chi connectivity index (χ0) is 15.1. The van der Waals surface area contributed by atoms with Crippen LogP contribution in [0.4, 0.5) is 4.39 Å². The van der Waals surface area contributed by atoms with Gasteiger partial charge in [-0.2, -0.15) is 0 Å². The van der Waals surface area contributed by atoms with Gasteiger partial charge in [-0.15, -0.1) is 0 Å². The third-order valence-corrected chi connectivity index (χ3v) is 4.04. The SMILES string of the molecule is CCCCN(CC1CCCN1)C(=O)Cc1ccccc1F. The van der Waals surface area contributed by atoms with Crippen molar-refractivity contribution in [1.29, 1.82) is 0 Å². The van der Waals surface area contributed by atoms with Crippen LogP contribution in [0, 0.1) is 5.82 Å². The van der Waals surface area contributed by atoms with Gasteiger partial charge >= 0.3 is 0 Å². The number of carbonyl (C=O) groups excluding carboxylic acids is 1. The lowest BCUT2D eigenvalue weighted by Crippen LogP contribution is -2.42. The number of benzene rings is 1. The molecule has 0 spiro atoms. The molecule has 21 heavy (non-hydrogen) atoms. The second-order valence-corrected chi connectivity index (χ2v) is 5.75. The van der Waals surface area contributed by atoms with Gasteiger partial charge in [-0.1, -0.05) is 31.5 Å². The minimum Gasteiger partial charge on any atom is -0.341 e. The molecule has 1 N–H and O–H groups in total. The molecule has 1 aromatic rings. The standard InChI is InChI=1S/C17H25FN2O/c1-2-3-11-20(13-15-8-6-10-19-15)17(21)12-14-7-4-5-9-16(14)18/h4-5,7,9,15,19H,2-3,6,8,10-13H2,1H3. The molecule has 1 aromatic carbocycles. The Kier molecular flexibility index (Phi) is 6.18. The maximum absolute atomic E-state index is 13.7. The van der Waals surface area contributed by atoms with Gasteiger partial charge in [-0.3, -0.25) is 4.79 Å². The van der Waals surface area contributed by atoms with E-state index in [1.54, 1.807) is 18.2 Å². The van der Waals surface area contributed by atoms with E-state index in [0.29, 0.717) is 11.6 Å². The normalized spacial score (nSPS) is 17.9. The summed E-state index contributed by atoms with van der Waals surface area (Å²) in [7, 11) is 0. The van der Waals surface area contributed by atoms with Crippen LogP contribution in [-0.2, 0) is 11.2 Å². The number of unbranched alkanes of at least 4 members (excludes halogenated alkanes) is 1. The monoisotopic (exact) mass is 292 g/mol. The van der Waals surface area contributed by atoms with Crippen LogP contribution < -0.4 is 5.32 Å². The molecule has 1 atom stereocenters. The number of hydrogen-bond donors (Lipinski definition) is 1. The van der Waals surface area contributed by atoms with Crippen LogP contribution in [0.25, 0.3) is 0 Å². The lowest BCUT2D eigenvalue weighted by Gasteiger charge is -2.26. The average molecular weight is 292 g/mol. The molecule has 1 amide bonds. The molecule has 1 heterocycles. The first-order valence-electron chi connectivity index (χ1n) is 7.95. The van der Waals surface area contributed by atoms with Crippen molar-refractivity contribution in [3.8, 4) is 0 Å². The molecule has 0 aromatic heterocycles. The van der Waals surface area contributed by atoms with Crippen LogP contribution in [-0.4, -0.2) is 36.5 Å². The molecular formula is C17H25FN2O. The van der Waals surface area contributed by atoms with Gasteiger partial charge in [0.05, 0.1) is 6.42 Å². The van der Waals surface area contributed by atoms with Gasteiger partial charge in [0.2, 0.25) is 5.91 Å². The maximum atomic E-state index is 13.7. The summed E-state index contributed by atoms with van der Waals surface area (Å²) in [5.41, 5.74) is 0.489. The largest absolute Gasteiger partial charge is 0.341 e. The first-order chi connectivity index (χ1) is 10.2. The zero-order valence-electron chi connectivity index (χ0n) is 12.8. The predicted octanol–water partition coefficient (Wildman–Crippen LogP) is 2.75. The van der Waals surface area contributed by atoms with E-state index in [9.17, 15) is 9.18 Å². The van der Waals surface area contributed by atoms with Gasteiger partial charge in [0.1, 0.15) is 5.82 Å². The van der Waals surface area contributed by atoms with Crippen LogP contribution in [0.3, 0.4) is 0 Å². The maximum Gasteiger partial charge on any atom is 0.227 e. The number of amides is 1. The molecule has 1 aliphatic rings. The molecule has 0 bridgehead atoms. The lowest BCUT2D eigenvalue weighted by molar-refractivity contribution is -0.130. The smallest absolute Gasteiger partial charge is 0.227 e. The number of rotatable bonds is 7. The predicted molar refractivity (Wildman–Crippen MR) is 82.6 cm³/mol. The van der Waals surface area contributed by atoms with Crippen LogP contribution in [0.1, 0.15) is 38.2 Å². The molecule has 1 saturated heterocycles. The number of carbonyl (C=O) groups is 1. The van der Waals surface area contributed by atoms with Crippen molar-refractivity contribution in [3.05, 3.63) is 35.6 Å². The van der Waals surface area contributed by atoms with Crippen molar-refractivity contribution in [3.63, 3.8) is 0 Å². The summed E-state index contributed by atoms with van der Waals surface area (Å²) in [6, 6.07) is 6.93. The number of nitrogens with zero attached hydrogens (tertiary/aromatic N) is 1. The summed E-state index contributed by atoms with van der Waals surface area (Å²) in [6.45, 7) is 4.66. The molecule has 4 heteroatoms. The summed E-state index contributed by atoms with van der Waals surface area (Å²) in [4.78, 5) is 14.4. The molecule has 0 saturated carbocycles. The van der Waals surface area contributed by atoms with E-state index in [1.807, 2.05) is 4.90 Å². The summed E-state index contributed by atoms with van der Waals surface area (Å²) in [6.07, 6.45) is 4.50. The fourth-order valence-electron chi connectivity index (χ4n) is 2.76. The van der Waals surface area contributed by atoms with E-state index >= 15 is 0 Å². The Hall–Kier alpha value is -1.42. The van der Waals surface area contributed by atoms with Crippen molar-refractivity contribution in [2.75, 3.05) is 19.6 Å². The Morgan fingerprint density at radius 3 is 2.90 bits per heavy atom. The minimum absolute atomic E-state index is 0.0299. The van der Waals surface area contributed by atoms with E-state index in [-0.39, 0.29) is 18.1 Å². The first kappa shape index (κ1) is 16.0. The van der Waals surface area contributed by atoms with Crippen molar-refractivity contribution in [2.45, 2.75) is 45.1 Å². The van der Waals surface area contributed by atoms with Gasteiger partial charge in [0.15, 0.2) is 0 Å². The fraction of sp³-hybridized carbons (Fsp3) is 0.588. The van der Waals surface area contributed by atoms with E-state index in [1.165, 1.54) is 12.5 Å². The topological polar surface area (TPSA) is 32.3 Å². The van der Waals surface area contributed by atoms with Gasteiger partial charge in [0.25, 0.3) is 0 Å². The molecule has 116 valence electrons. The fourth-order valence-corrected chi connectivity index (χ4v) is 2.76. The molecular weight excluding hydrogens is 267 g/mol. The second-order valence-electron chi connectivity index (χ2n) is 5.75. The highest BCUT2D eigenvalue weighted by molar-refractivity contribution is 5.78. The van der Waals surface area contributed by atoms with Crippen molar-refractivity contribution in [1.82, 2.24) is 10.2 Å². The highest BCUT2D eigenvalue weighted by atomic mass is 19.1. The summed E-state index contributed by atoms with van der Waals surface area (Å²) >= 11 is 0. The molecule has 1 fully saturated rings. The Morgan fingerprint density at radius 1 is 1.43 bits per heavy atom. The van der Waals surface area contributed by atoms with Crippen LogP contribution in [0.15, 0.2) is 24.3 Å². The molecule has 1 aliphatic heterocycles. The van der Waals surface area contributed by atoms with Crippen molar-refractivity contribution in [2.24, 2.45) is 0 Å². The number of halogens is 1. The summed E-state index contributed by atoms with van der Waals surface area (Å²) in [5.74, 6) is -0.262. The molecule has 1 unspecified atom stereocenters. The van der Waals surface area contributed by atoms with E-state index < -0.39 is 0 Å². The molecule has 0 radical (unpaired) electrons. The number of nitrogens with one attached hydrogen (secondary N) is 1. The third kappa shape index (κ3) is 4.81. The summed E-state index contributed by atoms with van der Waals surface area (Å²) in [5, 5.41) is 3.43. The first-order valence-corrected chi connectivity index (χ1v) is 7.95. The van der Waals surface area contributed by atoms with Crippen molar-refractivity contribution < 1.29 is 9.18 Å². The van der Waals surface area contributed by atoms with E-state index in [2.05, 4.69) is 12.2 Å². The van der Waals surface area contributed by atoms with E-state index in [0.717, 1.165) is 38.9 Å². The van der Waals surface area contributed by atoms with Crippen LogP contribution in [0.5, 0.6) is 0 Å². The molecule has 3 nitrogen and oxygen atoms in total. The minimum atomic E-state index is -0.291. The zero-order valence-corrected chi connectivity index (χ0v) is 12.8. The van der Waals surface area contributed by atoms with Gasteiger partial charge in [0, 0.05) is 19.1 Å². The summed E-state index contributed by atoms with van der Waals surface area (Å²) < 4.78 is 13.7. The highest BCUT2D eigenvalue weighted by Crippen LogP contribution is 2.12. The highest BCUT2D eigenvalue weighted by Gasteiger charge is 2.21. The Morgan fingerprint density at radius 2 is 2.24 bits per heavy atom. The van der Waals surface area contributed by atoms with Gasteiger partial charge in [-0.05, 0) is 37.4 Å². The van der Waals surface area contributed by atoms with Crippen LogP contribution >= 0.6 is 0 Å². The van der Waals surface area contributed by atoms with Crippen molar-refractivity contribution >= 4 is 5.91 Å². The number of hydrogen-bond acceptors (Lipinski definition) is 2. The Bertz CT molecular complexity index is 458. The Labute approximate surface area is 126 Å². The molecule has 2 rings (SSSR count). The second kappa shape index (κ2) is 8.13. The third-order valence-electron chi connectivity index (χ3n) is 4.04. The molecule has 0 aliphatic carbocycles. The van der Waals surface area contributed by atoms with Gasteiger partial charge < -0.3 is 10.2 Å². The van der Waals surface area contributed by atoms with E-state index in [4.69, 9.17) is 0 Å². The quantitative estimate of drug-likeness (QED) is 0.838.